The van der Waals surface area contributed by atoms with Gasteiger partial charge in [-0.25, -0.2) is 0 Å². The minimum absolute atomic E-state index is 0.122. The zero-order valence-electron chi connectivity index (χ0n) is 14.2. The van der Waals surface area contributed by atoms with E-state index in [1.54, 1.807) is 6.26 Å². The van der Waals surface area contributed by atoms with Crippen molar-refractivity contribution >= 4 is 5.91 Å². The minimum atomic E-state index is -1.26. The second-order valence-electron chi connectivity index (χ2n) is 7.04. The maximum Gasteiger partial charge on any atom is 0.254 e. The number of aliphatic hydroxyl groups is 1. The van der Waals surface area contributed by atoms with E-state index in [9.17, 15) is 9.90 Å². The predicted octanol–water partition coefficient (Wildman–Crippen LogP) is 1.24. The fourth-order valence-corrected chi connectivity index (χ4v) is 3.85. The van der Waals surface area contributed by atoms with Crippen LogP contribution in [-0.4, -0.2) is 57.8 Å². The summed E-state index contributed by atoms with van der Waals surface area (Å²) in [6, 6.07) is 9.95. The van der Waals surface area contributed by atoms with Crippen LogP contribution in [0, 0.1) is 0 Å². The third-order valence-corrected chi connectivity index (χ3v) is 5.34. The van der Waals surface area contributed by atoms with Gasteiger partial charge in [0.1, 0.15) is 11.9 Å². The lowest BCUT2D eigenvalue weighted by Crippen LogP contribution is -2.57. The van der Waals surface area contributed by atoms with E-state index >= 15 is 0 Å². The van der Waals surface area contributed by atoms with Gasteiger partial charge in [-0.1, -0.05) is 29.4 Å². The van der Waals surface area contributed by atoms with E-state index in [-0.39, 0.29) is 5.91 Å². The molecule has 1 saturated heterocycles. The minimum Gasteiger partial charge on any atom is -0.380 e. The van der Waals surface area contributed by atoms with Crippen LogP contribution in [-0.2, 0) is 24.2 Å². The van der Waals surface area contributed by atoms with Gasteiger partial charge < -0.3 is 14.5 Å². The van der Waals surface area contributed by atoms with Crippen molar-refractivity contribution in [2.45, 2.75) is 31.4 Å². The lowest BCUT2D eigenvalue weighted by molar-refractivity contribution is -0.154. The molecule has 1 aromatic heterocycles. The van der Waals surface area contributed by atoms with Gasteiger partial charge in [-0.2, -0.15) is 0 Å². The average Bonchev–Trinajstić information content (AvgIpc) is 3.15. The molecule has 2 aliphatic rings. The van der Waals surface area contributed by atoms with E-state index in [2.05, 4.69) is 16.1 Å². The molecule has 1 aromatic carbocycles. The number of aryl methyl sites for hydroxylation is 1. The van der Waals surface area contributed by atoms with Crippen molar-refractivity contribution in [3.63, 3.8) is 0 Å². The number of nitrogens with zero attached hydrogens (tertiary/aromatic N) is 3. The Balaban J connectivity index is 1.37. The first-order chi connectivity index (χ1) is 12.1. The fraction of sp³-hybridized carbons (Fsp3) is 0.474. The van der Waals surface area contributed by atoms with E-state index in [4.69, 9.17) is 4.52 Å². The van der Waals surface area contributed by atoms with Gasteiger partial charge in [-0.05, 0) is 24.0 Å². The molecule has 0 spiro atoms. The first-order valence-corrected chi connectivity index (χ1v) is 8.84. The number of hydrogen-bond donors (Lipinski definition) is 1. The zero-order chi connectivity index (χ0) is 17.3. The van der Waals surface area contributed by atoms with Gasteiger partial charge in [-0.15, -0.1) is 0 Å². The number of carbonyl (C=O) groups is 1. The molecule has 2 heterocycles. The summed E-state index contributed by atoms with van der Waals surface area (Å²) in [7, 11) is 0. The van der Waals surface area contributed by atoms with Crippen molar-refractivity contribution in [3.8, 4) is 0 Å². The number of carbonyl (C=O) groups excluding carboxylic acids is 1. The van der Waals surface area contributed by atoms with Crippen LogP contribution >= 0.6 is 0 Å². The standard InChI is InChI=1S/C19H23N3O3/c23-18(19(24)7-5-15-3-1-2-4-16(15)13-19)22-10-8-21(9-11-22)14-17-6-12-25-20-17/h1-4,6,12,24H,5,7-11,13-14H2. The van der Waals surface area contributed by atoms with Gasteiger partial charge in [0, 0.05) is 45.2 Å². The molecule has 1 unspecified atom stereocenters. The predicted molar refractivity (Wildman–Crippen MR) is 91.8 cm³/mol. The molecular formula is C19H23N3O3. The Kier molecular flexibility index (Phi) is 4.31. The zero-order valence-corrected chi connectivity index (χ0v) is 14.2. The third kappa shape index (κ3) is 3.32. The highest BCUT2D eigenvalue weighted by molar-refractivity contribution is 5.86. The highest BCUT2D eigenvalue weighted by Crippen LogP contribution is 2.30. The molecule has 25 heavy (non-hydrogen) atoms. The van der Waals surface area contributed by atoms with Crippen LogP contribution in [0.4, 0.5) is 0 Å². The molecule has 0 saturated carbocycles. The Morgan fingerprint density at radius 3 is 2.64 bits per heavy atom. The number of rotatable bonds is 3. The Morgan fingerprint density at radius 2 is 1.92 bits per heavy atom. The van der Waals surface area contributed by atoms with Crippen LogP contribution in [0.5, 0.6) is 0 Å². The maximum absolute atomic E-state index is 12.9. The summed E-state index contributed by atoms with van der Waals surface area (Å²) in [5, 5.41) is 14.9. The lowest BCUT2D eigenvalue weighted by Gasteiger charge is -2.40. The van der Waals surface area contributed by atoms with Crippen molar-refractivity contribution in [2.24, 2.45) is 0 Å². The molecule has 1 N–H and O–H groups in total. The molecule has 1 fully saturated rings. The molecule has 2 aromatic rings. The number of fused-ring (bicyclic) bond motifs is 1. The maximum atomic E-state index is 12.9. The van der Waals surface area contributed by atoms with Crippen molar-refractivity contribution < 1.29 is 14.4 Å². The Labute approximate surface area is 147 Å². The van der Waals surface area contributed by atoms with E-state index in [0.29, 0.717) is 25.9 Å². The largest absolute Gasteiger partial charge is 0.380 e. The summed E-state index contributed by atoms with van der Waals surface area (Å²) >= 11 is 0. The van der Waals surface area contributed by atoms with Gasteiger partial charge in [0.05, 0.1) is 5.69 Å². The smallest absolute Gasteiger partial charge is 0.254 e. The summed E-state index contributed by atoms with van der Waals surface area (Å²) in [5.41, 5.74) is 1.98. The van der Waals surface area contributed by atoms with Crippen LogP contribution in [0.25, 0.3) is 0 Å². The first kappa shape index (κ1) is 16.3. The van der Waals surface area contributed by atoms with E-state index in [1.165, 1.54) is 5.56 Å². The normalized spacial score (nSPS) is 24.1. The quantitative estimate of drug-likeness (QED) is 0.910. The summed E-state index contributed by atoms with van der Waals surface area (Å²) in [6.07, 6.45) is 3.25. The molecule has 1 aliphatic carbocycles. The SMILES string of the molecule is O=C(N1CCN(Cc2ccon2)CC1)C1(O)CCc2ccccc2C1. The average molecular weight is 341 g/mol. The highest BCUT2D eigenvalue weighted by atomic mass is 16.5. The number of benzene rings is 1. The Morgan fingerprint density at radius 1 is 1.16 bits per heavy atom. The summed E-state index contributed by atoms with van der Waals surface area (Å²) in [4.78, 5) is 17.0. The van der Waals surface area contributed by atoms with E-state index < -0.39 is 5.60 Å². The Bertz CT molecular complexity index is 738. The lowest BCUT2D eigenvalue weighted by atomic mass is 9.79. The van der Waals surface area contributed by atoms with Crippen LogP contribution in [0.1, 0.15) is 23.2 Å². The fourth-order valence-electron chi connectivity index (χ4n) is 3.85. The van der Waals surface area contributed by atoms with Crippen molar-refractivity contribution in [3.05, 3.63) is 53.4 Å². The summed E-state index contributed by atoms with van der Waals surface area (Å²) in [6.45, 7) is 3.58. The van der Waals surface area contributed by atoms with Gasteiger partial charge >= 0.3 is 0 Å². The van der Waals surface area contributed by atoms with Gasteiger partial charge in [0.2, 0.25) is 0 Å². The molecule has 6 heteroatoms. The third-order valence-electron chi connectivity index (χ3n) is 5.34. The monoisotopic (exact) mass is 341 g/mol. The molecule has 1 atom stereocenters. The van der Waals surface area contributed by atoms with Crippen LogP contribution in [0.2, 0.25) is 0 Å². The topological polar surface area (TPSA) is 69.8 Å². The van der Waals surface area contributed by atoms with Gasteiger partial charge in [-0.3, -0.25) is 9.69 Å². The second kappa shape index (κ2) is 6.61. The van der Waals surface area contributed by atoms with Crippen molar-refractivity contribution in [1.29, 1.82) is 0 Å². The van der Waals surface area contributed by atoms with Crippen LogP contribution in [0.15, 0.2) is 41.1 Å². The van der Waals surface area contributed by atoms with E-state index in [0.717, 1.165) is 37.3 Å². The number of aromatic nitrogens is 1. The van der Waals surface area contributed by atoms with E-state index in [1.807, 2.05) is 29.2 Å². The van der Waals surface area contributed by atoms with Crippen molar-refractivity contribution in [2.75, 3.05) is 26.2 Å². The summed E-state index contributed by atoms with van der Waals surface area (Å²) < 4.78 is 4.86. The molecule has 0 radical (unpaired) electrons. The molecule has 4 rings (SSSR count). The van der Waals surface area contributed by atoms with Crippen molar-refractivity contribution in [1.82, 2.24) is 15.0 Å². The van der Waals surface area contributed by atoms with Gasteiger partial charge in [0.15, 0.2) is 0 Å². The molecule has 6 nitrogen and oxygen atoms in total. The number of piperazine rings is 1. The molecule has 1 aliphatic heterocycles. The second-order valence-corrected chi connectivity index (χ2v) is 7.04. The first-order valence-electron chi connectivity index (χ1n) is 8.84. The molecule has 132 valence electrons. The molecule has 1 amide bonds. The molecule has 0 bridgehead atoms. The highest BCUT2D eigenvalue weighted by Gasteiger charge is 2.42. The number of hydrogen-bond acceptors (Lipinski definition) is 5. The van der Waals surface area contributed by atoms with Crippen LogP contribution in [0.3, 0.4) is 0 Å². The van der Waals surface area contributed by atoms with Gasteiger partial charge in [0.25, 0.3) is 5.91 Å². The molecular weight excluding hydrogens is 318 g/mol. The summed E-state index contributed by atoms with van der Waals surface area (Å²) in [5.74, 6) is -0.122. The Hall–Kier alpha value is -2.18. The number of amides is 1. The van der Waals surface area contributed by atoms with Crippen LogP contribution < -0.4 is 0 Å².